The van der Waals surface area contributed by atoms with E-state index >= 15 is 0 Å². The SMILES string of the molecule is C=C(C)C#C[C@H](CC(C)C)N1CC[C@@H](CC(=O)O)C[C@H]1c1ccc(C(F)(F)F)cc1. The molecule has 1 aliphatic rings. The number of rotatable bonds is 6. The fourth-order valence-electron chi connectivity index (χ4n) is 4.01. The van der Waals surface area contributed by atoms with Gasteiger partial charge in [0.25, 0.3) is 0 Å². The molecule has 1 aliphatic heterocycles. The average molecular weight is 422 g/mol. The Morgan fingerprint density at radius 1 is 1.30 bits per heavy atom. The van der Waals surface area contributed by atoms with Crippen LogP contribution in [0.1, 0.15) is 63.6 Å². The second-order valence-electron chi connectivity index (χ2n) is 8.56. The first kappa shape index (κ1) is 24.0. The molecule has 0 aromatic heterocycles. The smallest absolute Gasteiger partial charge is 0.416 e. The molecule has 1 heterocycles. The molecule has 1 saturated heterocycles. The van der Waals surface area contributed by atoms with Gasteiger partial charge >= 0.3 is 12.1 Å². The molecule has 1 fully saturated rings. The van der Waals surface area contributed by atoms with Crippen molar-refractivity contribution < 1.29 is 23.1 Å². The molecule has 0 saturated carbocycles. The van der Waals surface area contributed by atoms with Crippen molar-refractivity contribution in [3.05, 3.63) is 47.5 Å². The molecule has 6 heteroatoms. The topological polar surface area (TPSA) is 40.5 Å². The second kappa shape index (κ2) is 10.2. The first-order valence-electron chi connectivity index (χ1n) is 10.3. The van der Waals surface area contributed by atoms with E-state index in [1.807, 2.05) is 6.92 Å². The summed E-state index contributed by atoms with van der Waals surface area (Å²) in [5, 5.41) is 9.22. The molecule has 0 aliphatic carbocycles. The average Bonchev–Trinajstić information content (AvgIpc) is 2.64. The summed E-state index contributed by atoms with van der Waals surface area (Å²) in [7, 11) is 0. The summed E-state index contributed by atoms with van der Waals surface area (Å²) in [6.45, 7) is 10.6. The van der Waals surface area contributed by atoms with Gasteiger partial charge in [0.05, 0.1) is 11.6 Å². The number of aliphatic carboxylic acids is 1. The molecule has 0 unspecified atom stereocenters. The summed E-state index contributed by atoms with van der Waals surface area (Å²) in [6, 6.07) is 4.99. The van der Waals surface area contributed by atoms with Crippen molar-refractivity contribution in [1.82, 2.24) is 4.90 Å². The third-order valence-electron chi connectivity index (χ3n) is 5.39. The van der Waals surface area contributed by atoms with E-state index < -0.39 is 17.7 Å². The Morgan fingerprint density at radius 3 is 2.43 bits per heavy atom. The fraction of sp³-hybridized carbons (Fsp3) is 0.542. The van der Waals surface area contributed by atoms with E-state index in [1.54, 1.807) is 0 Å². The summed E-state index contributed by atoms with van der Waals surface area (Å²) in [5.41, 5.74) is 0.844. The lowest BCUT2D eigenvalue weighted by Crippen LogP contribution is -2.44. The van der Waals surface area contributed by atoms with Crippen molar-refractivity contribution in [2.75, 3.05) is 6.54 Å². The zero-order valence-electron chi connectivity index (χ0n) is 17.8. The van der Waals surface area contributed by atoms with E-state index in [9.17, 15) is 23.1 Å². The number of hydrogen-bond acceptors (Lipinski definition) is 2. The molecule has 1 aromatic carbocycles. The Labute approximate surface area is 177 Å². The number of carboxylic acids is 1. The number of carboxylic acid groups (broad SMARTS) is 1. The predicted octanol–water partition coefficient (Wildman–Crippen LogP) is 5.93. The Hall–Kier alpha value is -2.26. The molecule has 3 nitrogen and oxygen atoms in total. The minimum Gasteiger partial charge on any atom is -0.481 e. The number of nitrogens with zero attached hydrogens (tertiary/aromatic N) is 1. The maximum absolute atomic E-state index is 13.0. The van der Waals surface area contributed by atoms with Gasteiger partial charge in [0.15, 0.2) is 0 Å². The lowest BCUT2D eigenvalue weighted by atomic mass is 9.83. The molecule has 1 N–H and O–H groups in total. The van der Waals surface area contributed by atoms with Crippen LogP contribution in [-0.4, -0.2) is 28.6 Å². The molecule has 0 bridgehead atoms. The maximum Gasteiger partial charge on any atom is 0.416 e. The zero-order valence-corrected chi connectivity index (χ0v) is 17.8. The van der Waals surface area contributed by atoms with Crippen LogP contribution in [0, 0.1) is 23.7 Å². The van der Waals surface area contributed by atoms with Gasteiger partial charge in [-0.2, -0.15) is 13.2 Å². The molecule has 0 amide bonds. The van der Waals surface area contributed by atoms with Crippen molar-refractivity contribution in [2.24, 2.45) is 11.8 Å². The predicted molar refractivity (Wildman–Crippen MR) is 112 cm³/mol. The van der Waals surface area contributed by atoms with Crippen molar-refractivity contribution >= 4 is 5.97 Å². The van der Waals surface area contributed by atoms with Gasteiger partial charge in [0.1, 0.15) is 0 Å². The van der Waals surface area contributed by atoms with Crippen LogP contribution < -0.4 is 0 Å². The second-order valence-corrected chi connectivity index (χ2v) is 8.56. The minimum absolute atomic E-state index is 0.0140. The van der Waals surface area contributed by atoms with Crippen LogP contribution in [0.25, 0.3) is 0 Å². The number of allylic oxidation sites excluding steroid dienone is 1. The third kappa shape index (κ3) is 6.91. The van der Waals surface area contributed by atoms with E-state index in [-0.39, 0.29) is 24.4 Å². The van der Waals surface area contributed by atoms with E-state index in [0.717, 1.165) is 36.1 Å². The first-order chi connectivity index (χ1) is 14.0. The molecule has 3 atom stereocenters. The maximum atomic E-state index is 13.0. The minimum atomic E-state index is -4.39. The normalized spacial score (nSPS) is 21.0. The van der Waals surface area contributed by atoms with Crippen LogP contribution in [-0.2, 0) is 11.0 Å². The first-order valence-corrected chi connectivity index (χ1v) is 10.3. The molecule has 30 heavy (non-hydrogen) atoms. The summed E-state index contributed by atoms with van der Waals surface area (Å²) < 4.78 is 39.0. The van der Waals surface area contributed by atoms with Gasteiger partial charge in [-0.1, -0.05) is 44.4 Å². The quantitative estimate of drug-likeness (QED) is 0.579. The number of benzene rings is 1. The van der Waals surface area contributed by atoms with E-state index in [0.29, 0.717) is 18.9 Å². The van der Waals surface area contributed by atoms with Crippen molar-refractivity contribution in [2.45, 2.75) is 64.7 Å². The third-order valence-corrected chi connectivity index (χ3v) is 5.39. The number of alkyl halides is 3. The molecule has 0 radical (unpaired) electrons. The molecule has 2 rings (SSSR count). The van der Waals surface area contributed by atoms with Gasteiger partial charge in [-0.3, -0.25) is 9.69 Å². The molecule has 1 aromatic rings. The standard InChI is InChI=1S/C24H30F3NO2/c1-16(2)5-10-21(13-17(3)4)28-12-11-18(15-23(29)30)14-22(28)19-6-8-20(9-7-19)24(25,26)27/h6-9,17-18,21-22H,1,11-15H2,2-4H3,(H,29,30)/t18-,21-,22+/m1/s1. The Balaban J connectivity index is 2.39. The number of halogens is 3. The molecule has 0 spiro atoms. The molecular weight excluding hydrogens is 391 g/mol. The van der Waals surface area contributed by atoms with Gasteiger partial charge in [-0.05, 0) is 61.3 Å². The van der Waals surface area contributed by atoms with Crippen LogP contribution in [0.4, 0.5) is 13.2 Å². The Kier molecular flexibility index (Phi) is 8.14. The monoisotopic (exact) mass is 421 g/mol. The largest absolute Gasteiger partial charge is 0.481 e. The Bertz CT molecular complexity index is 802. The molecule has 164 valence electrons. The molecular formula is C24H30F3NO2. The van der Waals surface area contributed by atoms with Gasteiger partial charge in [-0.15, -0.1) is 0 Å². The summed E-state index contributed by atoms with van der Waals surface area (Å²) in [4.78, 5) is 13.5. The highest BCUT2D eigenvalue weighted by Gasteiger charge is 2.35. The van der Waals surface area contributed by atoms with Crippen LogP contribution in [0.3, 0.4) is 0 Å². The van der Waals surface area contributed by atoms with Gasteiger partial charge in [0, 0.05) is 19.0 Å². The zero-order chi connectivity index (χ0) is 22.5. The van der Waals surface area contributed by atoms with Crippen LogP contribution >= 0.6 is 0 Å². The van der Waals surface area contributed by atoms with Crippen molar-refractivity contribution in [1.29, 1.82) is 0 Å². The van der Waals surface area contributed by atoms with E-state index in [1.165, 1.54) is 12.1 Å². The highest BCUT2D eigenvalue weighted by atomic mass is 19.4. The van der Waals surface area contributed by atoms with Crippen molar-refractivity contribution in [3.63, 3.8) is 0 Å². The van der Waals surface area contributed by atoms with Crippen LogP contribution in [0.2, 0.25) is 0 Å². The fourth-order valence-corrected chi connectivity index (χ4v) is 4.01. The van der Waals surface area contributed by atoms with Gasteiger partial charge < -0.3 is 5.11 Å². The lowest BCUT2D eigenvalue weighted by molar-refractivity contribution is -0.139. The highest BCUT2D eigenvalue weighted by Crippen LogP contribution is 2.39. The van der Waals surface area contributed by atoms with E-state index in [2.05, 4.69) is 37.2 Å². The highest BCUT2D eigenvalue weighted by molar-refractivity contribution is 5.67. The van der Waals surface area contributed by atoms with Gasteiger partial charge in [0.2, 0.25) is 0 Å². The van der Waals surface area contributed by atoms with E-state index in [4.69, 9.17) is 0 Å². The van der Waals surface area contributed by atoms with Crippen LogP contribution in [0.5, 0.6) is 0 Å². The number of likely N-dealkylation sites (tertiary alicyclic amines) is 1. The summed E-state index contributed by atoms with van der Waals surface area (Å²) in [6.07, 6.45) is -2.18. The number of carbonyl (C=O) groups is 1. The summed E-state index contributed by atoms with van der Waals surface area (Å²) >= 11 is 0. The number of piperidine rings is 1. The van der Waals surface area contributed by atoms with Crippen molar-refractivity contribution in [3.8, 4) is 11.8 Å². The van der Waals surface area contributed by atoms with Gasteiger partial charge in [-0.25, -0.2) is 0 Å². The number of hydrogen-bond donors (Lipinski definition) is 1. The summed E-state index contributed by atoms with van der Waals surface area (Å²) in [5.74, 6) is 5.88. The van der Waals surface area contributed by atoms with Crippen LogP contribution in [0.15, 0.2) is 36.4 Å². The lowest BCUT2D eigenvalue weighted by Gasteiger charge is -2.43. The Morgan fingerprint density at radius 2 is 1.93 bits per heavy atom.